The molecule has 32 heavy (non-hydrogen) atoms. The lowest BCUT2D eigenvalue weighted by Crippen LogP contribution is -3.05. The van der Waals surface area contributed by atoms with Crippen LogP contribution in [0, 0.1) is 0 Å². The van der Waals surface area contributed by atoms with Crippen molar-refractivity contribution in [3.05, 3.63) is 71.5 Å². The van der Waals surface area contributed by atoms with Crippen LogP contribution in [0.2, 0.25) is 0 Å². The molecule has 1 atom stereocenters. The summed E-state index contributed by atoms with van der Waals surface area (Å²) in [7, 11) is 4.06. The van der Waals surface area contributed by atoms with Gasteiger partial charge in [-0.3, -0.25) is 9.36 Å². The quantitative estimate of drug-likeness (QED) is 0.503. The molecule has 0 radical (unpaired) electrons. The Hall–Kier alpha value is -2.85. The monoisotopic (exact) mass is 464 g/mol. The Bertz CT molecular complexity index is 1050. The number of rotatable bonds is 8. The largest absolute Gasteiger partial charge is 0.416 e. The first-order valence-electron chi connectivity index (χ1n) is 10.0. The summed E-state index contributed by atoms with van der Waals surface area (Å²) >= 11 is 1.20. The minimum absolute atomic E-state index is 0.00757. The van der Waals surface area contributed by atoms with E-state index in [1.807, 2.05) is 49.0 Å². The molecule has 0 unspecified atom stereocenters. The van der Waals surface area contributed by atoms with Crippen LogP contribution in [0.1, 0.15) is 29.9 Å². The van der Waals surface area contributed by atoms with Gasteiger partial charge in [-0.05, 0) is 30.7 Å². The number of alkyl halides is 3. The van der Waals surface area contributed by atoms with Gasteiger partial charge >= 0.3 is 6.18 Å². The van der Waals surface area contributed by atoms with Crippen molar-refractivity contribution in [3.8, 4) is 0 Å². The van der Waals surface area contributed by atoms with Gasteiger partial charge in [-0.2, -0.15) is 13.2 Å². The summed E-state index contributed by atoms with van der Waals surface area (Å²) < 4.78 is 40.6. The fourth-order valence-electron chi connectivity index (χ4n) is 3.00. The van der Waals surface area contributed by atoms with Crippen molar-refractivity contribution in [3.63, 3.8) is 0 Å². The third-order valence-corrected chi connectivity index (χ3v) is 5.96. The van der Waals surface area contributed by atoms with Crippen molar-refractivity contribution in [2.24, 2.45) is 0 Å². The topological polar surface area (TPSA) is 64.2 Å². The van der Waals surface area contributed by atoms with Crippen molar-refractivity contribution in [1.29, 1.82) is 0 Å². The molecule has 0 aliphatic heterocycles. The lowest BCUT2D eigenvalue weighted by Gasteiger charge is -2.18. The van der Waals surface area contributed by atoms with Crippen molar-refractivity contribution >= 4 is 23.4 Å². The van der Waals surface area contributed by atoms with Gasteiger partial charge in [0, 0.05) is 5.69 Å². The van der Waals surface area contributed by atoms with Gasteiger partial charge in [0.05, 0.1) is 32.0 Å². The van der Waals surface area contributed by atoms with Gasteiger partial charge in [0.1, 0.15) is 6.04 Å². The number of hydrogen-bond donors (Lipinski definition) is 2. The Morgan fingerprint density at radius 2 is 1.84 bits per heavy atom. The molecule has 1 heterocycles. The summed E-state index contributed by atoms with van der Waals surface area (Å²) in [5.41, 5.74) is 0.363. The normalized spacial score (nSPS) is 12.7. The smallest absolute Gasteiger partial charge is 0.331 e. The summed E-state index contributed by atoms with van der Waals surface area (Å²) in [4.78, 5) is 13.6. The van der Waals surface area contributed by atoms with Crippen molar-refractivity contribution in [2.45, 2.75) is 30.8 Å². The maximum atomic E-state index is 12.9. The van der Waals surface area contributed by atoms with Crippen LogP contribution >= 0.6 is 11.8 Å². The molecule has 3 aromatic rings. The lowest BCUT2D eigenvalue weighted by atomic mass is 10.2. The number of nitrogens with zero attached hydrogens (tertiary/aromatic N) is 3. The average molecular weight is 465 g/mol. The summed E-state index contributed by atoms with van der Waals surface area (Å²) in [6, 6.07) is 14.5. The number of benzene rings is 2. The minimum Gasteiger partial charge on any atom is -0.331 e. The van der Waals surface area contributed by atoms with Crippen LogP contribution in [0.25, 0.3) is 0 Å². The van der Waals surface area contributed by atoms with Gasteiger partial charge < -0.3 is 10.2 Å². The summed E-state index contributed by atoms with van der Waals surface area (Å²) in [6.07, 6.45) is -4.47. The van der Waals surface area contributed by atoms with E-state index in [0.29, 0.717) is 11.7 Å². The Morgan fingerprint density at radius 1 is 1.12 bits per heavy atom. The highest BCUT2D eigenvalue weighted by atomic mass is 32.2. The van der Waals surface area contributed by atoms with Crippen molar-refractivity contribution < 1.29 is 22.9 Å². The standard InChI is InChI=1S/C22H24F3N5OS/c1-15(29(2)3)20-27-28-21(30(20)13-16-8-5-4-6-9-16)32-14-19(31)26-18-11-7-10-17(12-18)22(23,24)25/h4-12,15H,13-14H2,1-3H3,(H,26,31)/p+1/t15-/m0/s1. The van der Waals surface area contributed by atoms with E-state index in [2.05, 4.69) is 22.4 Å². The van der Waals surface area contributed by atoms with Gasteiger partial charge in [0.2, 0.25) is 5.91 Å². The number of nitrogens with one attached hydrogen (secondary N) is 2. The lowest BCUT2D eigenvalue weighted by molar-refractivity contribution is -0.890. The number of thioether (sulfide) groups is 1. The van der Waals surface area contributed by atoms with Crippen LogP contribution in [-0.4, -0.2) is 40.5 Å². The van der Waals surface area contributed by atoms with Crippen LogP contribution in [0.15, 0.2) is 59.8 Å². The van der Waals surface area contributed by atoms with E-state index in [9.17, 15) is 18.0 Å². The predicted octanol–water partition coefficient (Wildman–Crippen LogP) is 3.28. The number of anilines is 1. The number of hydrogen-bond acceptors (Lipinski definition) is 4. The molecular weight excluding hydrogens is 439 g/mol. The van der Waals surface area contributed by atoms with Gasteiger partial charge in [-0.15, -0.1) is 10.2 Å². The molecule has 0 aliphatic rings. The van der Waals surface area contributed by atoms with Crippen molar-refractivity contribution in [2.75, 3.05) is 25.2 Å². The second-order valence-corrected chi connectivity index (χ2v) is 8.57. The first kappa shape index (κ1) is 23.8. The molecule has 2 N–H and O–H groups in total. The Labute approximate surface area is 188 Å². The highest BCUT2D eigenvalue weighted by Gasteiger charge is 2.30. The first-order valence-corrected chi connectivity index (χ1v) is 11.0. The van der Waals surface area contributed by atoms with E-state index in [-0.39, 0.29) is 17.5 Å². The van der Waals surface area contributed by atoms with E-state index >= 15 is 0 Å². The zero-order chi connectivity index (χ0) is 23.3. The molecule has 170 valence electrons. The maximum Gasteiger partial charge on any atom is 0.416 e. The molecule has 10 heteroatoms. The molecule has 1 amide bonds. The van der Waals surface area contributed by atoms with Gasteiger partial charge in [0.25, 0.3) is 0 Å². The van der Waals surface area contributed by atoms with Crippen LogP contribution in [0.5, 0.6) is 0 Å². The number of aromatic nitrogens is 3. The average Bonchev–Trinajstić information content (AvgIpc) is 3.14. The number of carbonyl (C=O) groups is 1. The molecule has 0 bridgehead atoms. The molecule has 0 fully saturated rings. The summed E-state index contributed by atoms with van der Waals surface area (Å²) in [6.45, 7) is 2.61. The van der Waals surface area contributed by atoms with Crippen LogP contribution in [-0.2, 0) is 17.5 Å². The summed E-state index contributed by atoms with van der Waals surface area (Å²) in [5.74, 6) is 0.373. The molecule has 2 aromatic carbocycles. The zero-order valence-corrected chi connectivity index (χ0v) is 18.8. The van der Waals surface area contributed by atoms with Crippen LogP contribution in [0.4, 0.5) is 18.9 Å². The zero-order valence-electron chi connectivity index (χ0n) is 18.0. The molecule has 0 saturated heterocycles. The predicted molar refractivity (Wildman–Crippen MR) is 118 cm³/mol. The third kappa shape index (κ3) is 6.10. The summed E-state index contributed by atoms with van der Waals surface area (Å²) in [5, 5.41) is 11.7. The fraction of sp³-hybridized carbons (Fsp3) is 0.318. The third-order valence-electron chi connectivity index (χ3n) is 4.99. The van der Waals surface area contributed by atoms with E-state index in [0.717, 1.165) is 23.5 Å². The molecule has 3 rings (SSSR count). The van der Waals surface area contributed by atoms with Gasteiger partial charge in [-0.1, -0.05) is 48.2 Å². The second-order valence-electron chi connectivity index (χ2n) is 7.63. The van der Waals surface area contributed by atoms with E-state index in [1.54, 1.807) is 0 Å². The Kier molecular flexibility index (Phi) is 7.57. The SMILES string of the molecule is C[C@@H](c1nnc(SCC(=O)Nc2cccc(C(F)(F)F)c2)n1Cc1ccccc1)[NH+](C)C. The number of halogens is 3. The molecule has 0 aliphatic carbocycles. The van der Waals surface area contributed by atoms with E-state index < -0.39 is 17.6 Å². The van der Waals surface area contributed by atoms with Gasteiger partial charge in [0.15, 0.2) is 11.0 Å². The number of quaternary nitrogens is 1. The molecule has 0 saturated carbocycles. The second kappa shape index (κ2) is 10.2. The molecule has 0 spiro atoms. The van der Waals surface area contributed by atoms with E-state index in [4.69, 9.17) is 0 Å². The molecule has 1 aromatic heterocycles. The highest BCUT2D eigenvalue weighted by Crippen LogP contribution is 2.30. The maximum absolute atomic E-state index is 12.9. The van der Waals surface area contributed by atoms with Gasteiger partial charge in [-0.25, -0.2) is 0 Å². The van der Waals surface area contributed by atoms with Crippen molar-refractivity contribution in [1.82, 2.24) is 14.8 Å². The van der Waals surface area contributed by atoms with Crippen LogP contribution in [0.3, 0.4) is 0 Å². The fourth-order valence-corrected chi connectivity index (χ4v) is 3.75. The Balaban J connectivity index is 1.73. The number of amides is 1. The van der Waals surface area contributed by atoms with E-state index in [1.165, 1.54) is 28.8 Å². The first-order chi connectivity index (χ1) is 15.1. The molecule has 6 nitrogen and oxygen atoms in total. The van der Waals surface area contributed by atoms with Crippen LogP contribution < -0.4 is 10.2 Å². The molecular formula is C22H25F3N5OS+. The highest BCUT2D eigenvalue weighted by molar-refractivity contribution is 7.99. The minimum atomic E-state index is -4.47. The number of carbonyl (C=O) groups excluding carboxylic acids is 1. The Morgan fingerprint density at radius 3 is 2.50 bits per heavy atom.